The molecule has 13 heteroatoms. The summed E-state index contributed by atoms with van der Waals surface area (Å²) in [5, 5.41) is 62.1. The lowest BCUT2D eigenvalue weighted by atomic mass is 9.83. The van der Waals surface area contributed by atoms with Crippen LogP contribution in [0.3, 0.4) is 0 Å². The number of hydrogen-bond donors (Lipinski definition) is 7. The third kappa shape index (κ3) is 7.09. The molecule has 0 spiro atoms. The number of thioether (sulfide) groups is 1. The van der Waals surface area contributed by atoms with E-state index < -0.39 is 47.2 Å². The Morgan fingerprint density at radius 2 is 1.57 bits per heavy atom. The lowest BCUT2D eigenvalue weighted by Crippen LogP contribution is -2.45. The Labute approximate surface area is 185 Å². The second-order valence-corrected chi connectivity index (χ2v) is 9.21. The van der Waals surface area contributed by atoms with E-state index in [-0.39, 0.29) is 37.1 Å². The van der Waals surface area contributed by atoms with E-state index >= 15 is 0 Å². The van der Waals surface area contributed by atoms with Crippen molar-refractivity contribution in [3.05, 3.63) is 0 Å². The van der Waals surface area contributed by atoms with Crippen LogP contribution in [0.15, 0.2) is 0 Å². The highest BCUT2D eigenvalue weighted by molar-refractivity contribution is 8.02. The van der Waals surface area contributed by atoms with Crippen molar-refractivity contribution in [1.82, 2.24) is 0 Å². The lowest BCUT2D eigenvalue weighted by Gasteiger charge is -2.25. The highest BCUT2D eigenvalue weighted by atomic mass is 32.2. The monoisotopic (exact) mass is 444 g/mol. The van der Waals surface area contributed by atoms with E-state index in [9.17, 15) is 15.3 Å². The predicted octanol–water partition coefficient (Wildman–Crippen LogP) is -3.81. The van der Waals surface area contributed by atoms with Gasteiger partial charge in [-0.25, -0.2) is 0 Å². The molecule has 0 bridgehead atoms. The Balaban J connectivity index is 0.000000226. The number of hydrogen-bond acceptors (Lipinski definition) is 10. The minimum Gasteiger partial charge on any atom is -0.395 e. The number of rotatable bonds is 3. The average molecular weight is 444 g/mol. The molecule has 3 fully saturated rings. The van der Waals surface area contributed by atoms with Gasteiger partial charge in [0, 0.05) is 24.3 Å². The molecule has 3 rings (SSSR count). The van der Waals surface area contributed by atoms with Crippen molar-refractivity contribution in [2.45, 2.75) is 78.8 Å². The van der Waals surface area contributed by atoms with Gasteiger partial charge in [-0.05, 0) is 12.1 Å². The summed E-state index contributed by atoms with van der Waals surface area (Å²) in [4.78, 5) is 0. The molecular formula is C17H31B3O9S. The Morgan fingerprint density at radius 1 is 0.967 bits per heavy atom. The maximum absolute atomic E-state index is 9.53. The van der Waals surface area contributed by atoms with Gasteiger partial charge in [-0.2, -0.15) is 11.8 Å². The summed E-state index contributed by atoms with van der Waals surface area (Å²) < 4.78 is 9.91. The van der Waals surface area contributed by atoms with Crippen LogP contribution in [0.4, 0.5) is 0 Å². The van der Waals surface area contributed by atoms with Crippen LogP contribution in [0.1, 0.15) is 20.3 Å². The standard InChI is InChI=1S/C6H11BO3S.C6H11BO3.C5H9BO3/c1-6(10)4(9)3(2-8)11-5(6)7;1-3-5(9)4(2-8)10-6(3)7;6-5-4(8)1-3(2-7)9-5/h3-5,8-10H,2H2,1H3;3-6,8-9H,2H2,1H3;3-5,7-8H,1-2H2/t3-,4-,5-,6-;3-,4-,5+,6-;3-,4+,5+/m110/s1. The quantitative estimate of drug-likeness (QED) is 0.215. The van der Waals surface area contributed by atoms with Crippen LogP contribution in [-0.4, -0.2) is 138 Å². The first-order chi connectivity index (χ1) is 13.9. The van der Waals surface area contributed by atoms with Crippen molar-refractivity contribution in [3.63, 3.8) is 0 Å². The summed E-state index contributed by atoms with van der Waals surface area (Å²) in [6.07, 6.45) is -2.49. The molecule has 0 aromatic rings. The summed E-state index contributed by atoms with van der Waals surface area (Å²) in [6, 6.07) is -1.05. The van der Waals surface area contributed by atoms with Crippen LogP contribution in [0, 0.1) is 5.92 Å². The van der Waals surface area contributed by atoms with Gasteiger partial charge in [0.1, 0.15) is 21.8 Å². The molecule has 0 aliphatic carbocycles. The van der Waals surface area contributed by atoms with Gasteiger partial charge in [0.25, 0.3) is 0 Å². The number of aliphatic hydroxyl groups excluding tert-OH is 6. The van der Waals surface area contributed by atoms with Crippen LogP contribution in [0.5, 0.6) is 0 Å². The molecule has 0 aromatic heterocycles. The molecule has 0 amide bonds. The van der Waals surface area contributed by atoms with Gasteiger partial charge in [0.05, 0.1) is 62.9 Å². The average Bonchev–Trinajstić information content (AvgIpc) is 3.25. The van der Waals surface area contributed by atoms with Crippen molar-refractivity contribution in [1.29, 1.82) is 0 Å². The molecule has 168 valence electrons. The smallest absolute Gasteiger partial charge is 0.112 e. The summed E-state index contributed by atoms with van der Waals surface area (Å²) in [5.41, 5.74) is -1.28. The van der Waals surface area contributed by atoms with E-state index in [0.717, 1.165) is 0 Å². The molecule has 0 unspecified atom stereocenters. The Morgan fingerprint density at radius 3 is 1.77 bits per heavy atom. The van der Waals surface area contributed by atoms with Crippen LogP contribution in [-0.2, 0) is 9.47 Å². The highest BCUT2D eigenvalue weighted by Gasteiger charge is 2.48. The maximum atomic E-state index is 9.53. The van der Waals surface area contributed by atoms with E-state index in [2.05, 4.69) is 0 Å². The minimum atomic E-state index is -1.28. The fourth-order valence-corrected chi connectivity index (χ4v) is 4.37. The van der Waals surface area contributed by atoms with E-state index in [1.165, 1.54) is 18.7 Å². The molecule has 3 aliphatic rings. The van der Waals surface area contributed by atoms with Crippen molar-refractivity contribution in [2.24, 2.45) is 5.92 Å². The topological polar surface area (TPSA) is 160 Å². The van der Waals surface area contributed by atoms with Crippen molar-refractivity contribution in [2.75, 3.05) is 19.8 Å². The molecule has 7 N–H and O–H groups in total. The second-order valence-electron chi connectivity index (χ2n) is 7.83. The first-order valence-corrected chi connectivity index (χ1v) is 10.7. The Hall–Kier alpha value is 0.185. The highest BCUT2D eigenvalue weighted by Crippen LogP contribution is 2.39. The van der Waals surface area contributed by atoms with E-state index in [1.54, 1.807) is 6.92 Å². The summed E-state index contributed by atoms with van der Waals surface area (Å²) in [5.74, 6) is -0.0860. The van der Waals surface area contributed by atoms with Gasteiger partial charge < -0.3 is 45.2 Å². The van der Waals surface area contributed by atoms with Gasteiger partial charge in [0.15, 0.2) is 0 Å². The molecule has 9 nitrogen and oxygen atoms in total. The van der Waals surface area contributed by atoms with E-state index in [1.807, 2.05) is 0 Å². The SMILES string of the molecule is [B][C@@H]1O[C@H](CO)C[C@H]1O.[B][C@@H]1O[C@H](CO)[C@@H](O)[C@H]1C.[B][C@@H]1S[C@H](CO)[C@@H](O)[C@@]1(C)O. The molecule has 6 radical (unpaired) electrons. The van der Waals surface area contributed by atoms with Crippen molar-refractivity contribution in [3.8, 4) is 0 Å². The van der Waals surface area contributed by atoms with Gasteiger partial charge in [-0.1, -0.05) is 6.92 Å². The van der Waals surface area contributed by atoms with Crippen molar-refractivity contribution < 1.29 is 45.2 Å². The van der Waals surface area contributed by atoms with E-state index in [4.69, 9.17) is 53.4 Å². The summed E-state index contributed by atoms with van der Waals surface area (Å²) in [7, 11) is 16.2. The molecule has 3 heterocycles. The summed E-state index contributed by atoms with van der Waals surface area (Å²) in [6.45, 7) is 2.88. The first-order valence-electron chi connectivity index (χ1n) is 9.72. The van der Waals surface area contributed by atoms with Gasteiger partial charge in [-0.15, -0.1) is 0 Å². The Kier molecular flexibility index (Phi) is 11.7. The predicted molar refractivity (Wildman–Crippen MR) is 113 cm³/mol. The third-order valence-corrected chi connectivity index (χ3v) is 6.94. The van der Waals surface area contributed by atoms with Crippen LogP contribution >= 0.6 is 11.8 Å². The van der Waals surface area contributed by atoms with Gasteiger partial charge in [-0.3, -0.25) is 0 Å². The second kappa shape index (κ2) is 12.4. The van der Waals surface area contributed by atoms with E-state index in [0.29, 0.717) is 6.42 Å². The first kappa shape index (κ1) is 28.2. The van der Waals surface area contributed by atoms with Crippen LogP contribution < -0.4 is 0 Å². The largest absolute Gasteiger partial charge is 0.395 e. The molecular weight excluding hydrogens is 413 g/mol. The fourth-order valence-electron chi connectivity index (χ4n) is 3.07. The van der Waals surface area contributed by atoms with Gasteiger partial charge >= 0.3 is 0 Å². The zero-order chi connectivity index (χ0) is 23.2. The summed E-state index contributed by atoms with van der Waals surface area (Å²) >= 11 is 1.21. The molecule has 0 aromatic carbocycles. The zero-order valence-electron chi connectivity index (χ0n) is 17.2. The molecule has 0 saturated carbocycles. The van der Waals surface area contributed by atoms with Crippen molar-refractivity contribution >= 4 is 35.3 Å². The molecule has 11 atom stereocenters. The maximum Gasteiger partial charge on any atom is 0.112 e. The fraction of sp³-hybridized carbons (Fsp3) is 1.00. The minimum absolute atomic E-state index is 0.0647. The Bertz CT molecular complexity index is 497. The van der Waals surface area contributed by atoms with Gasteiger partial charge in [0.2, 0.25) is 0 Å². The zero-order valence-corrected chi connectivity index (χ0v) is 18.0. The number of ether oxygens (including phenoxy) is 2. The number of aliphatic hydroxyl groups is 7. The molecule has 30 heavy (non-hydrogen) atoms. The third-order valence-electron chi connectivity index (χ3n) is 5.41. The molecule has 3 aliphatic heterocycles. The van der Waals surface area contributed by atoms with Crippen LogP contribution in [0.25, 0.3) is 0 Å². The normalized spacial score (nSPS) is 47.9. The van der Waals surface area contributed by atoms with Crippen LogP contribution in [0.2, 0.25) is 0 Å². The molecule has 3 saturated heterocycles. The lowest BCUT2D eigenvalue weighted by molar-refractivity contribution is -0.0465.